The van der Waals surface area contributed by atoms with Crippen LogP contribution in [0.25, 0.3) is 0 Å². The third-order valence-corrected chi connectivity index (χ3v) is 2.91. The quantitative estimate of drug-likeness (QED) is 0.408. The molecule has 10 heteroatoms. The molecule has 0 fully saturated rings. The van der Waals surface area contributed by atoms with Crippen molar-refractivity contribution >= 4 is 39.2 Å². The molecular weight excluding hydrogens is 298 g/mol. The van der Waals surface area contributed by atoms with Crippen molar-refractivity contribution in [2.75, 3.05) is 39.3 Å². The second kappa shape index (κ2) is 11.7. The summed E-state index contributed by atoms with van der Waals surface area (Å²) in [5.74, 6) is -1.33. The molecule has 23 heavy (non-hydrogen) atoms. The topological polar surface area (TPSA) is 113 Å². The molecule has 0 spiro atoms. The normalized spacial score (nSPS) is 10.0. The van der Waals surface area contributed by atoms with Crippen LogP contribution >= 0.6 is 0 Å². The summed E-state index contributed by atoms with van der Waals surface area (Å²) in [5, 5.41) is 2.57. The number of amides is 3. The number of nitrogens with zero attached hydrogens (tertiary/aromatic N) is 2. The maximum atomic E-state index is 11.8. The molecule has 0 rings (SSSR count). The minimum absolute atomic E-state index is 0.0587. The molecular formula is C13H22B2N4O4. The molecule has 0 aliphatic carbocycles. The molecule has 0 aliphatic heterocycles. The van der Waals surface area contributed by atoms with E-state index >= 15 is 0 Å². The molecule has 124 valence electrons. The fourth-order valence-electron chi connectivity index (χ4n) is 1.83. The Balaban J connectivity index is 4.36. The zero-order chi connectivity index (χ0) is 17.8. The lowest BCUT2D eigenvalue weighted by atomic mass is 10.0. The Bertz CT molecular complexity index is 434. The summed E-state index contributed by atoms with van der Waals surface area (Å²) < 4.78 is 0. The summed E-state index contributed by atoms with van der Waals surface area (Å²) in [6.07, 6.45) is -0.415. The number of rotatable bonds is 11. The molecule has 0 saturated heterocycles. The molecule has 3 amide bonds. The SMILES string of the molecule is [B]CC(=O)N(CCNC(=O)CN(CCN)C(=O)C[B])CC(C)=O. The van der Waals surface area contributed by atoms with E-state index in [1.165, 1.54) is 16.7 Å². The van der Waals surface area contributed by atoms with Gasteiger partial charge in [-0.2, -0.15) is 0 Å². The van der Waals surface area contributed by atoms with Crippen LogP contribution < -0.4 is 11.1 Å². The average Bonchev–Trinajstić information content (AvgIpc) is 2.51. The fourth-order valence-corrected chi connectivity index (χ4v) is 1.83. The summed E-state index contributed by atoms with van der Waals surface area (Å²) >= 11 is 0. The molecule has 4 radical (unpaired) electrons. The highest BCUT2D eigenvalue weighted by Gasteiger charge is 2.16. The summed E-state index contributed by atoms with van der Waals surface area (Å²) in [7, 11) is 10.5. The predicted molar refractivity (Wildman–Crippen MR) is 87.0 cm³/mol. The van der Waals surface area contributed by atoms with Crippen LogP contribution in [0.3, 0.4) is 0 Å². The molecule has 0 aliphatic rings. The van der Waals surface area contributed by atoms with Gasteiger partial charge in [-0.15, -0.1) is 0 Å². The van der Waals surface area contributed by atoms with Crippen LogP contribution in [0.1, 0.15) is 6.92 Å². The van der Waals surface area contributed by atoms with Gasteiger partial charge in [-0.1, -0.05) is 0 Å². The maximum Gasteiger partial charge on any atom is 0.239 e. The molecule has 0 aromatic rings. The van der Waals surface area contributed by atoms with Crippen molar-refractivity contribution in [3.63, 3.8) is 0 Å². The van der Waals surface area contributed by atoms with Gasteiger partial charge >= 0.3 is 0 Å². The van der Waals surface area contributed by atoms with Crippen molar-refractivity contribution in [1.29, 1.82) is 0 Å². The van der Waals surface area contributed by atoms with Gasteiger partial charge in [-0.3, -0.25) is 19.2 Å². The molecule has 0 bridgehead atoms. The number of carbonyl (C=O) groups is 4. The number of ketones is 1. The Labute approximate surface area is 138 Å². The first kappa shape index (κ1) is 21.2. The molecule has 0 unspecified atom stereocenters. The van der Waals surface area contributed by atoms with Gasteiger partial charge in [-0.05, 0) is 19.6 Å². The Hall–Kier alpha value is -1.83. The lowest BCUT2D eigenvalue weighted by Crippen LogP contribution is -2.45. The Kier molecular flexibility index (Phi) is 10.8. The molecule has 0 aromatic heterocycles. The molecule has 3 N–H and O–H groups in total. The van der Waals surface area contributed by atoms with Crippen LogP contribution in [0, 0.1) is 0 Å². The van der Waals surface area contributed by atoms with Gasteiger partial charge in [0.05, 0.1) is 28.8 Å². The van der Waals surface area contributed by atoms with Gasteiger partial charge in [0, 0.05) is 26.2 Å². The van der Waals surface area contributed by atoms with Crippen molar-refractivity contribution in [1.82, 2.24) is 15.1 Å². The lowest BCUT2D eigenvalue weighted by Gasteiger charge is -2.23. The monoisotopic (exact) mass is 320 g/mol. The number of nitrogens with two attached hydrogens (primary N) is 1. The highest BCUT2D eigenvalue weighted by molar-refractivity contribution is 6.20. The molecule has 8 nitrogen and oxygen atoms in total. The van der Waals surface area contributed by atoms with Crippen molar-refractivity contribution in [2.45, 2.75) is 19.6 Å². The van der Waals surface area contributed by atoms with Crippen molar-refractivity contribution in [2.24, 2.45) is 5.73 Å². The summed E-state index contributed by atoms with van der Waals surface area (Å²) in [5.41, 5.74) is 5.38. The lowest BCUT2D eigenvalue weighted by molar-refractivity contribution is -0.134. The number of nitrogens with one attached hydrogen (secondary N) is 1. The zero-order valence-corrected chi connectivity index (χ0v) is 13.4. The summed E-state index contributed by atoms with van der Waals surface area (Å²) in [4.78, 5) is 48.5. The van der Waals surface area contributed by atoms with Crippen molar-refractivity contribution in [3.8, 4) is 0 Å². The molecule has 0 heterocycles. The van der Waals surface area contributed by atoms with Gasteiger partial charge in [0.2, 0.25) is 17.7 Å². The summed E-state index contributed by atoms with van der Waals surface area (Å²) in [6, 6.07) is 0. The highest BCUT2D eigenvalue weighted by atomic mass is 16.2. The van der Waals surface area contributed by atoms with Crippen LogP contribution in [0.15, 0.2) is 0 Å². The molecule has 0 saturated carbocycles. The highest BCUT2D eigenvalue weighted by Crippen LogP contribution is 1.95. The van der Waals surface area contributed by atoms with Gasteiger partial charge in [0.25, 0.3) is 0 Å². The largest absolute Gasteiger partial charge is 0.353 e. The Morgan fingerprint density at radius 3 is 1.91 bits per heavy atom. The number of carbonyl (C=O) groups excluding carboxylic acids is 4. The number of hydrogen-bond acceptors (Lipinski definition) is 5. The standard InChI is InChI=1S/C13H22B2N4O4/c1-10(20)8-19(13(23)7-15)5-3-17-11(21)9-18(4-2-16)12(22)6-14/h2-9,16H2,1H3,(H,17,21). The van der Waals surface area contributed by atoms with Gasteiger partial charge in [-0.25, -0.2) is 0 Å². The fraction of sp³-hybridized carbons (Fsp3) is 0.692. The van der Waals surface area contributed by atoms with E-state index in [-0.39, 0.29) is 69.5 Å². The predicted octanol–water partition coefficient (Wildman–Crippen LogP) is -2.52. The smallest absolute Gasteiger partial charge is 0.239 e. The van der Waals surface area contributed by atoms with Crippen LogP contribution in [0.2, 0.25) is 12.6 Å². The summed E-state index contributed by atoms with van der Waals surface area (Å²) in [6.45, 7) is 1.89. The zero-order valence-electron chi connectivity index (χ0n) is 13.4. The van der Waals surface area contributed by atoms with E-state index in [4.69, 9.17) is 21.4 Å². The first-order valence-corrected chi connectivity index (χ1v) is 7.27. The third-order valence-electron chi connectivity index (χ3n) is 2.91. The van der Waals surface area contributed by atoms with Crippen LogP contribution in [0.5, 0.6) is 0 Å². The van der Waals surface area contributed by atoms with Crippen LogP contribution in [-0.2, 0) is 19.2 Å². The third kappa shape index (κ3) is 9.02. The van der Waals surface area contributed by atoms with Gasteiger partial charge < -0.3 is 20.9 Å². The average molecular weight is 320 g/mol. The van der Waals surface area contributed by atoms with E-state index in [9.17, 15) is 19.2 Å². The van der Waals surface area contributed by atoms with E-state index in [1.54, 1.807) is 0 Å². The van der Waals surface area contributed by atoms with Gasteiger partial charge in [0.1, 0.15) is 5.78 Å². The molecule has 0 aromatic carbocycles. The number of Topliss-reactive ketones (excluding diaryl/α,β-unsaturated/α-hetero) is 1. The number of hydrogen-bond donors (Lipinski definition) is 2. The first-order valence-electron chi connectivity index (χ1n) is 7.27. The Morgan fingerprint density at radius 1 is 0.957 bits per heavy atom. The van der Waals surface area contributed by atoms with Crippen LogP contribution in [-0.4, -0.2) is 88.3 Å². The van der Waals surface area contributed by atoms with Crippen LogP contribution in [0.4, 0.5) is 0 Å². The van der Waals surface area contributed by atoms with E-state index < -0.39 is 5.91 Å². The van der Waals surface area contributed by atoms with E-state index in [0.717, 1.165) is 0 Å². The van der Waals surface area contributed by atoms with E-state index in [0.29, 0.717) is 0 Å². The van der Waals surface area contributed by atoms with Gasteiger partial charge in [0.15, 0.2) is 0 Å². The van der Waals surface area contributed by atoms with Crippen molar-refractivity contribution < 1.29 is 19.2 Å². The Morgan fingerprint density at radius 2 is 1.48 bits per heavy atom. The first-order chi connectivity index (χ1) is 10.8. The van der Waals surface area contributed by atoms with Crippen molar-refractivity contribution in [3.05, 3.63) is 0 Å². The second-order valence-corrected chi connectivity index (χ2v) is 4.88. The second-order valence-electron chi connectivity index (χ2n) is 4.88. The van der Waals surface area contributed by atoms with E-state index in [2.05, 4.69) is 5.32 Å². The molecule has 0 atom stereocenters. The minimum atomic E-state index is -0.400. The van der Waals surface area contributed by atoms with E-state index in [1.807, 2.05) is 0 Å². The maximum absolute atomic E-state index is 11.8. The minimum Gasteiger partial charge on any atom is -0.353 e.